The van der Waals surface area contributed by atoms with Crippen LogP contribution in [0.2, 0.25) is 0 Å². The van der Waals surface area contributed by atoms with Gasteiger partial charge in [-0.3, -0.25) is 9.48 Å². The number of benzene rings is 2. The highest BCUT2D eigenvalue weighted by atomic mass is 19.4. The number of halogens is 4. The second-order valence-electron chi connectivity index (χ2n) is 9.69. The molecule has 42 heavy (non-hydrogen) atoms. The van der Waals surface area contributed by atoms with Crippen LogP contribution in [0.4, 0.5) is 23.2 Å². The number of rotatable bonds is 5. The second kappa shape index (κ2) is 12.5. The van der Waals surface area contributed by atoms with Gasteiger partial charge in [-0.1, -0.05) is 30.3 Å². The summed E-state index contributed by atoms with van der Waals surface area (Å²) < 4.78 is 53.6. The van der Waals surface area contributed by atoms with E-state index in [9.17, 15) is 22.4 Å². The number of aromatic nitrogens is 4. The molecule has 0 radical (unpaired) electrons. The minimum atomic E-state index is -5.08. The molecule has 14 heteroatoms. The number of alkyl halides is 4. The standard InChI is InChI=1S/C26H27FN6O2.C2HF3O2/c1-32-10-9-17(20(27)14-32)26(34)30-22-11-18-21(12-23(22)35-3)28-15-29-25(18)19-13-33(2)31-24(19)16-7-5-4-6-8-16;3-2(4,5)1(6)7/h4-8,11-13,15,17,20H,9-10,14H2,1-3H3,(H,30,34);(H,6,7)/t17-,20-;/m1./s1. The van der Waals surface area contributed by atoms with Crippen LogP contribution in [0.1, 0.15) is 6.42 Å². The van der Waals surface area contributed by atoms with Gasteiger partial charge in [0.15, 0.2) is 0 Å². The number of likely N-dealkylation sites (tertiary alicyclic amines) is 1. The molecule has 2 aromatic heterocycles. The molecule has 2 N–H and O–H groups in total. The lowest BCUT2D eigenvalue weighted by Crippen LogP contribution is -2.44. The highest BCUT2D eigenvalue weighted by Crippen LogP contribution is 2.37. The van der Waals surface area contributed by atoms with Crippen LogP contribution in [0.5, 0.6) is 5.75 Å². The summed E-state index contributed by atoms with van der Waals surface area (Å²) in [5, 5.41) is 15.4. The first kappa shape index (κ1) is 30.4. The first-order valence-corrected chi connectivity index (χ1v) is 12.7. The Hall–Kier alpha value is -4.59. The lowest BCUT2D eigenvalue weighted by molar-refractivity contribution is -0.192. The van der Waals surface area contributed by atoms with Crippen molar-refractivity contribution in [2.45, 2.75) is 18.8 Å². The molecule has 0 saturated carbocycles. The zero-order chi connectivity index (χ0) is 30.6. The zero-order valence-corrected chi connectivity index (χ0v) is 22.9. The Morgan fingerprint density at radius 3 is 2.40 bits per heavy atom. The summed E-state index contributed by atoms with van der Waals surface area (Å²) in [6.45, 7) is 0.919. The van der Waals surface area contributed by atoms with E-state index in [1.165, 1.54) is 13.4 Å². The van der Waals surface area contributed by atoms with Crippen molar-refractivity contribution in [2.24, 2.45) is 13.0 Å². The molecule has 4 aromatic rings. The van der Waals surface area contributed by atoms with Crippen molar-refractivity contribution in [3.8, 4) is 28.3 Å². The number of carboxylic acids is 1. The molecule has 222 valence electrons. The molecule has 1 aliphatic heterocycles. The van der Waals surface area contributed by atoms with Crippen LogP contribution in [0.25, 0.3) is 33.4 Å². The van der Waals surface area contributed by atoms with Gasteiger partial charge < -0.3 is 20.1 Å². The van der Waals surface area contributed by atoms with E-state index in [0.717, 1.165) is 22.2 Å². The smallest absolute Gasteiger partial charge is 0.490 e. The number of carbonyl (C=O) groups excluding carboxylic acids is 1. The number of carboxylic acid groups (broad SMARTS) is 1. The fourth-order valence-electron chi connectivity index (χ4n) is 4.61. The van der Waals surface area contributed by atoms with Gasteiger partial charge in [0.05, 0.1) is 29.9 Å². The van der Waals surface area contributed by atoms with E-state index in [1.54, 1.807) is 16.8 Å². The van der Waals surface area contributed by atoms with Gasteiger partial charge >= 0.3 is 12.1 Å². The number of aryl methyl sites for hydroxylation is 1. The Morgan fingerprint density at radius 1 is 1.10 bits per heavy atom. The van der Waals surface area contributed by atoms with E-state index >= 15 is 0 Å². The number of nitrogens with zero attached hydrogens (tertiary/aromatic N) is 5. The molecule has 2 aromatic carbocycles. The molecular formula is C28H28F4N6O4. The number of hydrogen-bond acceptors (Lipinski definition) is 7. The fraction of sp³-hybridized carbons (Fsp3) is 0.321. The summed E-state index contributed by atoms with van der Waals surface area (Å²) in [6, 6.07) is 13.4. The fourth-order valence-corrected chi connectivity index (χ4v) is 4.61. The van der Waals surface area contributed by atoms with Gasteiger partial charge in [-0.05, 0) is 26.1 Å². The molecule has 5 rings (SSSR count). The Labute approximate surface area is 237 Å². The summed E-state index contributed by atoms with van der Waals surface area (Å²) in [4.78, 5) is 32.8. The maximum absolute atomic E-state index is 14.6. The number of amides is 1. The number of aliphatic carboxylic acids is 1. The van der Waals surface area contributed by atoms with Crippen LogP contribution in [-0.2, 0) is 16.6 Å². The Morgan fingerprint density at radius 2 is 1.79 bits per heavy atom. The molecular weight excluding hydrogens is 560 g/mol. The topological polar surface area (TPSA) is 122 Å². The molecule has 0 unspecified atom stereocenters. The number of methoxy groups -OCH3 is 1. The van der Waals surface area contributed by atoms with Gasteiger partial charge in [-0.25, -0.2) is 19.2 Å². The van der Waals surface area contributed by atoms with Crippen LogP contribution >= 0.6 is 0 Å². The van der Waals surface area contributed by atoms with Gasteiger partial charge in [0, 0.05) is 42.4 Å². The van der Waals surface area contributed by atoms with Gasteiger partial charge in [-0.15, -0.1) is 0 Å². The van der Waals surface area contributed by atoms with Crippen molar-refractivity contribution < 1.29 is 37.0 Å². The first-order chi connectivity index (χ1) is 19.9. The van der Waals surface area contributed by atoms with E-state index in [2.05, 4.69) is 20.4 Å². The number of anilines is 1. The van der Waals surface area contributed by atoms with Crippen LogP contribution in [0.15, 0.2) is 55.0 Å². The minimum Gasteiger partial charge on any atom is -0.494 e. The molecule has 1 fully saturated rings. The summed E-state index contributed by atoms with van der Waals surface area (Å²) in [5.74, 6) is -3.37. The molecule has 0 aliphatic carbocycles. The first-order valence-electron chi connectivity index (χ1n) is 12.7. The average molecular weight is 589 g/mol. The van der Waals surface area contributed by atoms with Gasteiger partial charge in [0.25, 0.3) is 0 Å². The van der Waals surface area contributed by atoms with Gasteiger partial charge in [0.1, 0.15) is 23.9 Å². The van der Waals surface area contributed by atoms with Crippen molar-refractivity contribution >= 4 is 28.5 Å². The number of carbonyl (C=O) groups is 2. The predicted octanol–water partition coefficient (Wildman–Crippen LogP) is 4.57. The van der Waals surface area contributed by atoms with Crippen molar-refractivity contribution in [3.05, 3.63) is 55.0 Å². The van der Waals surface area contributed by atoms with Crippen LogP contribution < -0.4 is 10.1 Å². The van der Waals surface area contributed by atoms with E-state index in [4.69, 9.17) is 14.6 Å². The van der Waals surface area contributed by atoms with E-state index < -0.39 is 24.2 Å². The van der Waals surface area contributed by atoms with Crippen LogP contribution in [-0.4, -0.2) is 81.2 Å². The minimum absolute atomic E-state index is 0.244. The van der Waals surface area contributed by atoms with Crippen molar-refractivity contribution in [3.63, 3.8) is 0 Å². The molecule has 1 amide bonds. The van der Waals surface area contributed by atoms with Gasteiger partial charge in [-0.2, -0.15) is 18.3 Å². The van der Waals surface area contributed by atoms with Crippen molar-refractivity contribution in [2.75, 3.05) is 32.6 Å². The number of piperidine rings is 1. The Bertz CT molecular complexity index is 1580. The number of fused-ring (bicyclic) bond motifs is 1. The third-order valence-electron chi connectivity index (χ3n) is 6.67. The third kappa shape index (κ3) is 6.82. The molecule has 0 spiro atoms. The van der Waals surface area contributed by atoms with Crippen molar-refractivity contribution in [1.29, 1.82) is 0 Å². The Balaban J connectivity index is 0.000000517. The molecule has 0 bridgehead atoms. The average Bonchev–Trinajstić information content (AvgIpc) is 3.34. The van der Waals surface area contributed by atoms with E-state index in [-0.39, 0.29) is 12.5 Å². The lowest BCUT2D eigenvalue weighted by atomic mass is 9.94. The van der Waals surface area contributed by atoms with Gasteiger partial charge in [0.2, 0.25) is 5.91 Å². The number of nitrogens with one attached hydrogen (secondary N) is 1. The predicted molar refractivity (Wildman–Crippen MR) is 147 cm³/mol. The molecule has 10 nitrogen and oxygen atoms in total. The second-order valence-corrected chi connectivity index (χ2v) is 9.69. The molecule has 3 heterocycles. The molecule has 1 aliphatic rings. The zero-order valence-electron chi connectivity index (χ0n) is 22.9. The highest BCUT2D eigenvalue weighted by Gasteiger charge is 2.38. The lowest BCUT2D eigenvalue weighted by Gasteiger charge is -2.31. The summed E-state index contributed by atoms with van der Waals surface area (Å²) in [5.41, 5.74) is 4.40. The SMILES string of the molecule is COc1cc2ncnc(-c3cn(C)nc3-c3ccccc3)c2cc1NC(=O)[C@@H]1CCN(C)C[C@H]1F.O=C(O)C(F)(F)F. The van der Waals surface area contributed by atoms with Crippen molar-refractivity contribution in [1.82, 2.24) is 24.6 Å². The summed E-state index contributed by atoms with van der Waals surface area (Å²) in [6.07, 6.45) is -2.42. The van der Waals surface area contributed by atoms with E-state index in [1.807, 2.05) is 55.5 Å². The van der Waals surface area contributed by atoms with E-state index in [0.29, 0.717) is 35.6 Å². The third-order valence-corrected chi connectivity index (χ3v) is 6.67. The van der Waals surface area contributed by atoms with Crippen LogP contribution in [0.3, 0.4) is 0 Å². The summed E-state index contributed by atoms with van der Waals surface area (Å²) in [7, 11) is 5.25. The largest absolute Gasteiger partial charge is 0.494 e. The maximum Gasteiger partial charge on any atom is 0.490 e. The normalized spacial score (nSPS) is 17.3. The monoisotopic (exact) mass is 588 g/mol. The molecule has 2 atom stereocenters. The maximum atomic E-state index is 14.6. The quantitative estimate of drug-likeness (QED) is 0.325. The summed E-state index contributed by atoms with van der Waals surface area (Å²) >= 11 is 0. The Kier molecular flexibility index (Phi) is 9.05. The molecule has 1 saturated heterocycles. The highest BCUT2D eigenvalue weighted by molar-refractivity contribution is 6.02. The number of hydrogen-bond donors (Lipinski definition) is 2. The number of ether oxygens (including phenoxy) is 1. The van der Waals surface area contributed by atoms with Crippen LogP contribution in [0, 0.1) is 5.92 Å².